The first kappa shape index (κ1) is 14.9. The van der Waals surface area contributed by atoms with E-state index in [1.807, 2.05) is 48.5 Å². The standard InChI is InChI=1S/C19H16O4/c1-21-15-9-5-3-7-13(15)19(17-11-12-18(20)23-17)14-8-4-6-10-16(14)22-2/h3-12H,1-2H3. The molecule has 1 aliphatic rings. The van der Waals surface area contributed by atoms with Crippen molar-refractivity contribution in [2.45, 2.75) is 0 Å². The highest BCUT2D eigenvalue weighted by Gasteiger charge is 2.22. The van der Waals surface area contributed by atoms with Crippen molar-refractivity contribution in [3.63, 3.8) is 0 Å². The average molecular weight is 308 g/mol. The molecule has 1 aliphatic heterocycles. The number of carbonyl (C=O) groups excluding carboxylic acids is 1. The number of para-hydroxylation sites is 2. The smallest absolute Gasteiger partial charge is 0.336 e. The normalized spacial score (nSPS) is 13.0. The molecule has 0 unspecified atom stereocenters. The van der Waals surface area contributed by atoms with Crippen molar-refractivity contribution < 1.29 is 19.0 Å². The Bertz CT molecular complexity index is 753. The van der Waals surface area contributed by atoms with E-state index in [2.05, 4.69) is 0 Å². The lowest BCUT2D eigenvalue weighted by atomic mass is 9.95. The van der Waals surface area contributed by atoms with Crippen molar-refractivity contribution in [1.82, 2.24) is 0 Å². The highest BCUT2D eigenvalue weighted by molar-refractivity contribution is 5.94. The van der Waals surface area contributed by atoms with Crippen molar-refractivity contribution in [2.75, 3.05) is 14.2 Å². The molecule has 4 nitrogen and oxygen atoms in total. The van der Waals surface area contributed by atoms with Gasteiger partial charge in [0.25, 0.3) is 0 Å². The molecule has 0 saturated heterocycles. The summed E-state index contributed by atoms with van der Waals surface area (Å²) < 4.78 is 16.3. The Hall–Kier alpha value is -3.01. The van der Waals surface area contributed by atoms with Gasteiger partial charge in [-0.25, -0.2) is 4.79 Å². The number of hydrogen-bond donors (Lipinski definition) is 0. The minimum absolute atomic E-state index is 0.387. The molecule has 4 heteroatoms. The van der Waals surface area contributed by atoms with Crippen LogP contribution in [0.5, 0.6) is 11.5 Å². The predicted molar refractivity (Wildman–Crippen MR) is 87.2 cm³/mol. The lowest BCUT2D eigenvalue weighted by Gasteiger charge is -2.16. The number of benzene rings is 2. The zero-order chi connectivity index (χ0) is 16.2. The molecule has 116 valence electrons. The third-order valence-electron chi connectivity index (χ3n) is 3.58. The van der Waals surface area contributed by atoms with Crippen LogP contribution in [0.2, 0.25) is 0 Å². The Morgan fingerprint density at radius 3 is 1.78 bits per heavy atom. The highest BCUT2D eigenvalue weighted by Crippen LogP contribution is 2.39. The molecule has 0 N–H and O–H groups in total. The molecule has 3 rings (SSSR count). The number of carbonyl (C=O) groups is 1. The quantitative estimate of drug-likeness (QED) is 0.810. The van der Waals surface area contributed by atoms with Crippen LogP contribution < -0.4 is 9.47 Å². The summed E-state index contributed by atoms with van der Waals surface area (Å²) in [6, 6.07) is 15.2. The van der Waals surface area contributed by atoms with Gasteiger partial charge < -0.3 is 14.2 Å². The Morgan fingerprint density at radius 2 is 1.35 bits per heavy atom. The third kappa shape index (κ3) is 2.83. The maximum absolute atomic E-state index is 11.5. The summed E-state index contributed by atoms with van der Waals surface area (Å²) in [6.07, 6.45) is 3.07. The fourth-order valence-corrected chi connectivity index (χ4v) is 2.57. The monoisotopic (exact) mass is 308 g/mol. The first-order valence-electron chi connectivity index (χ1n) is 7.15. The van der Waals surface area contributed by atoms with Crippen molar-refractivity contribution >= 4 is 11.5 Å². The van der Waals surface area contributed by atoms with E-state index in [1.165, 1.54) is 6.08 Å². The molecule has 0 atom stereocenters. The van der Waals surface area contributed by atoms with Gasteiger partial charge in [0.05, 0.1) is 14.2 Å². The number of cyclic esters (lactones) is 1. The van der Waals surface area contributed by atoms with Gasteiger partial charge in [-0.3, -0.25) is 0 Å². The van der Waals surface area contributed by atoms with Crippen LogP contribution in [-0.2, 0) is 9.53 Å². The first-order chi connectivity index (χ1) is 11.2. The van der Waals surface area contributed by atoms with E-state index in [-0.39, 0.29) is 5.97 Å². The van der Waals surface area contributed by atoms with Crippen LogP contribution in [0.25, 0.3) is 5.57 Å². The molecule has 0 aromatic heterocycles. The van der Waals surface area contributed by atoms with Gasteiger partial charge in [-0.05, 0) is 18.2 Å². The zero-order valence-corrected chi connectivity index (χ0v) is 12.9. The third-order valence-corrected chi connectivity index (χ3v) is 3.58. The summed E-state index contributed by atoms with van der Waals surface area (Å²) in [5, 5.41) is 0. The topological polar surface area (TPSA) is 44.8 Å². The van der Waals surface area contributed by atoms with E-state index in [0.29, 0.717) is 17.3 Å². The molecule has 0 amide bonds. The summed E-state index contributed by atoms with van der Waals surface area (Å²) in [5.41, 5.74) is 2.41. The number of esters is 1. The lowest BCUT2D eigenvalue weighted by molar-refractivity contribution is -0.132. The fraction of sp³-hybridized carbons (Fsp3) is 0.105. The van der Waals surface area contributed by atoms with E-state index < -0.39 is 0 Å². The maximum Gasteiger partial charge on any atom is 0.336 e. The van der Waals surface area contributed by atoms with Crippen LogP contribution in [0.15, 0.2) is 66.4 Å². The van der Waals surface area contributed by atoms with E-state index in [1.54, 1.807) is 20.3 Å². The molecule has 1 heterocycles. The molecular formula is C19H16O4. The summed E-state index contributed by atoms with van der Waals surface area (Å²) in [6.45, 7) is 0. The number of ether oxygens (including phenoxy) is 3. The van der Waals surface area contributed by atoms with Crippen molar-refractivity contribution in [2.24, 2.45) is 0 Å². The molecule has 0 spiro atoms. The summed E-state index contributed by atoms with van der Waals surface area (Å²) in [4.78, 5) is 11.5. The van der Waals surface area contributed by atoms with Crippen LogP contribution in [0, 0.1) is 0 Å². The van der Waals surface area contributed by atoms with Gasteiger partial charge >= 0.3 is 5.97 Å². The van der Waals surface area contributed by atoms with E-state index >= 15 is 0 Å². The molecule has 0 fully saturated rings. The molecule has 0 radical (unpaired) electrons. The Morgan fingerprint density at radius 1 is 0.826 bits per heavy atom. The van der Waals surface area contributed by atoms with Gasteiger partial charge in [-0.1, -0.05) is 36.4 Å². The van der Waals surface area contributed by atoms with Crippen molar-refractivity contribution in [1.29, 1.82) is 0 Å². The molecule has 0 aliphatic carbocycles. The Balaban J connectivity index is 2.28. The maximum atomic E-state index is 11.5. The molecule has 0 saturated carbocycles. The first-order valence-corrected chi connectivity index (χ1v) is 7.15. The minimum atomic E-state index is -0.387. The average Bonchev–Trinajstić information content (AvgIpc) is 3.02. The fourth-order valence-electron chi connectivity index (χ4n) is 2.57. The predicted octanol–water partition coefficient (Wildman–Crippen LogP) is 3.58. The second-order valence-corrected chi connectivity index (χ2v) is 4.89. The largest absolute Gasteiger partial charge is 0.496 e. The number of hydrogen-bond acceptors (Lipinski definition) is 4. The molecule has 2 aromatic carbocycles. The van der Waals surface area contributed by atoms with Crippen molar-refractivity contribution in [3.05, 3.63) is 77.6 Å². The van der Waals surface area contributed by atoms with Crippen molar-refractivity contribution in [3.8, 4) is 11.5 Å². The summed E-state index contributed by atoms with van der Waals surface area (Å²) in [5.74, 6) is 1.47. The number of rotatable bonds is 4. The number of allylic oxidation sites excluding steroid dienone is 1. The van der Waals surface area contributed by atoms with Gasteiger partial charge in [-0.15, -0.1) is 0 Å². The number of methoxy groups -OCH3 is 2. The van der Waals surface area contributed by atoms with Crippen LogP contribution >= 0.6 is 0 Å². The molecule has 0 bridgehead atoms. The molecule has 2 aromatic rings. The van der Waals surface area contributed by atoms with E-state index in [0.717, 1.165) is 16.7 Å². The van der Waals surface area contributed by atoms with Gasteiger partial charge in [0, 0.05) is 22.8 Å². The summed E-state index contributed by atoms with van der Waals surface area (Å²) >= 11 is 0. The second-order valence-electron chi connectivity index (χ2n) is 4.89. The van der Waals surface area contributed by atoms with Gasteiger partial charge in [0.15, 0.2) is 0 Å². The Kier molecular flexibility index (Phi) is 4.15. The van der Waals surface area contributed by atoms with Crippen LogP contribution in [0.4, 0.5) is 0 Å². The van der Waals surface area contributed by atoms with Crippen LogP contribution in [0.1, 0.15) is 11.1 Å². The highest BCUT2D eigenvalue weighted by atomic mass is 16.5. The second kappa shape index (κ2) is 6.40. The van der Waals surface area contributed by atoms with Gasteiger partial charge in [-0.2, -0.15) is 0 Å². The zero-order valence-electron chi connectivity index (χ0n) is 12.9. The van der Waals surface area contributed by atoms with Crippen LogP contribution in [0.3, 0.4) is 0 Å². The van der Waals surface area contributed by atoms with E-state index in [4.69, 9.17) is 14.2 Å². The minimum Gasteiger partial charge on any atom is -0.496 e. The Labute approximate surface area is 134 Å². The van der Waals surface area contributed by atoms with E-state index in [9.17, 15) is 4.79 Å². The van der Waals surface area contributed by atoms with Gasteiger partial charge in [0.1, 0.15) is 17.3 Å². The van der Waals surface area contributed by atoms with Crippen LogP contribution in [-0.4, -0.2) is 20.2 Å². The SMILES string of the molecule is COc1ccccc1C(=C1C=CC(=O)O1)c1ccccc1OC. The molecular weight excluding hydrogens is 292 g/mol. The lowest BCUT2D eigenvalue weighted by Crippen LogP contribution is -2.01. The molecule has 23 heavy (non-hydrogen) atoms. The summed E-state index contributed by atoms with van der Waals surface area (Å²) in [7, 11) is 3.22. The van der Waals surface area contributed by atoms with Gasteiger partial charge in [0.2, 0.25) is 0 Å².